The molecular formula is C8H12N4O. The topological polar surface area (TPSA) is 59.8 Å². The highest BCUT2D eigenvalue weighted by Crippen LogP contribution is 2.25. The summed E-state index contributed by atoms with van der Waals surface area (Å²) < 4.78 is 0. The van der Waals surface area contributed by atoms with Crippen LogP contribution in [0.4, 0.5) is 0 Å². The average Bonchev–Trinajstić information content (AvgIpc) is 2.58. The fraction of sp³-hybridized carbons (Fsp3) is 0.625. The molecule has 5 heteroatoms. The van der Waals surface area contributed by atoms with Crippen molar-refractivity contribution in [3.05, 3.63) is 11.9 Å². The molecule has 1 saturated heterocycles. The van der Waals surface area contributed by atoms with Crippen molar-refractivity contribution in [2.45, 2.75) is 25.3 Å². The van der Waals surface area contributed by atoms with Crippen molar-refractivity contribution in [3.63, 3.8) is 0 Å². The van der Waals surface area contributed by atoms with E-state index in [4.69, 9.17) is 0 Å². The second kappa shape index (κ2) is 2.83. The molecule has 1 aliphatic rings. The van der Waals surface area contributed by atoms with Gasteiger partial charge < -0.3 is 5.32 Å². The van der Waals surface area contributed by atoms with Gasteiger partial charge in [0.1, 0.15) is 0 Å². The van der Waals surface area contributed by atoms with Gasteiger partial charge in [-0.3, -0.25) is 4.79 Å². The van der Waals surface area contributed by atoms with E-state index >= 15 is 0 Å². The number of aryl methyl sites for hydroxylation is 1. The molecule has 1 fully saturated rings. The van der Waals surface area contributed by atoms with E-state index in [1.54, 1.807) is 13.2 Å². The highest BCUT2D eigenvalue weighted by Gasteiger charge is 2.31. The Morgan fingerprint density at radius 1 is 1.69 bits per heavy atom. The molecule has 1 aromatic heterocycles. The summed E-state index contributed by atoms with van der Waals surface area (Å²) in [6, 6.07) is 0.171. The van der Waals surface area contributed by atoms with Gasteiger partial charge in [0, 0.05) is 25.4 Å². The van der Waals surface area contributed by atoms with Crippen LogP contribution in [-0.4, -0.2) is 26.9 Å². The van der Waals surface area contributed by atoms with Gasteiger partial charge in [0.05, 0.1) is 11.9 Å². The molecule has 0 aliphatic carbocycles. The molecular weight excluding hydrogens is 168 g/mol. The Balaban J connectivity index is 2.22. The summed E-state index contributed by atoms with van der Waals surface area (Å²) in [4.78, 5) is 12.6. The van der Waals surface area contributed by atoms with E-state index in [2.05, 4.69) is 15.5 Å². The van der Waals surface area contributed by atoms with E-state index in [1.807, 2.05) is 6.92 Å². The zero-order chi connectivity index (χ0) is 9.42. The monoisotopic (exact) mass is 180 g/mol. The fourth-order valence-electron chi connectivity index (χ4n) is 1.68. The third-order valence-corrected chi connectivity index (χ3v) is 2.39. The number of carbonyl (C=O) groups excluding carboxylic acids is 1. The van der Waals surface area contributed by atoms with Crippen LogP contribution < -0.4 is 5.32 Å². The van der Waals surface area contributed by atoms with E-state index in [0.717, 1.165) is 5.69 Å². The van der Waals surface area contributed by atoms with Crippen LogP contribution in [0, 0.1) is 0 Å². The zero-order valence-corrected chi connectivity index (χ0v) is 7.69. The van der Waals surface area contributed by atoms with Gasteiger partial charge in [-0.05, 0) is 6.92 Å². The molecule has 1 amide bonds. The van der Waals surface area contributed by atoms with Crippen molar-refractivity contribution in [2.24, 2.45) is 7.05 Å². The van der Waals surface area contributed by atoms with E-state index in [9.17, 15) is 4.79 Å². The van der Waals surface area contributed by atoms with Crippen molar-refractivity contribution < 1.29 is 4.79 Å². The fourth-order valence-corrected chi connectivity index (χ4v) is 1.68. The molecule has 0 saturated carbocycles. The van der Waals surface area contributed by atoms with Gasteiger partial charge in [-0.2, -0.15) is 15.0 Å². The maximum atomic E-state index is 11.1. The number of carbonyl (C=O) groups is 1. The molecule has 2 rings (SSSR count). The third kappa shape index (κ3) is 1.41. The molecule has 0 aromatic carbocycles. The summed E-state index contributed by atoms with van der Waals surface area (Å²) in [5, 5.41) is 11.0. The molecule has 1 aromatic rings. The first kappa shape index (κ1) is 8.22. The second-order valence-electron chi connectivity index (χ2n) is 3.43. The molecule has 2 unspecified atom stereocenters. The summed E-state index contributed by atoms with van der Waals surface area (Å²) >= 11 is 0. The lowest BCUT2D eigenvalue weighted by Crippen LogP contribution is -2.24. The van der Waals surface area contributed by atoms with Crippen LogP contribution in [-0.2, 0) is 11.8 Å². The van der Waals surface area contributed by atoms with E-state index < -0.39 is 0 Å². The smallest absolute Gasteiger partial charge is 0.220 e. The van der Waals surface area contributed by atoms with Gasteiger partial charge in [0.15, 0.2) is 0 Å². The molecule has 5 nitrogen and oxygen atoms in total. The Labute approximate surface area is 76.1 Å². The first-order valence-corrected chi connectivity index (χ1v) is 4.32. The van der Waals surface area contributed by atoms with E-state index in [-0.39, 0.29) is 17.9 Å². The highest BCUT2D eigenvalue weighted by molar-refractivity contribution is 5.80. The van der Waals surface area contributed by atoms with Gasteiger partial charge in [0.2, 0.25) is 5.91 Å². The number of amides is 1. The van der Waals surface area contributed by atoms with Crippen LogP contribution >= 0.6 is 0 Å². The van der Waals surface area contributed by atoms with Crippen LogP contribution in [0.25, 0.3) is 0 Å². The lowest BCUT2D eigenvalue weighted by Gasteiger charge is -2.09. The number of nitrogens with one attached hydrogen (secondary N) is 1. The lowest BCUT2D eigenvalue weighted by molar-refractivity contribution is -0.119. The summed E-state index contributed by atoms with van der Waals surface area (Å²) in [5.74, 6) is 0.282. The van der Waals surface area contributed by atoms with Crippen molar-refractivity contribution in [1.29, 1.82) is 0 Å². The number of rotatable bonds is 1. The Bertz CT molecular complexity index is 333. The molecule has 0 radical (unpaired) electrons. The molecule has 0 bridgehead atoms. The Hall–Kier alpha value is -1.39. The quantitative estimate of drug-likeness (QED) is 0.651. The first-order valence-electron chi connectivity index (χ1n) is 4.32. The van der Waals surface area contributed by atoms with Crippen LogP contribution in [0.15, 0.2) is 6.20 Å². The molecule has 1 aliphatic heterocycles. The second-order valence-corrected chi connectivity index (χ2v) is 3.43. The molecule has 0 spiro atoms. The zero-order valence-electron chi connectivity index (χ0n) is 7.69. The minimum Gasteiger partial charge on any atom is -0.353 e. The van der Waals surface area contributed by atoms with Gasteiger partial charge in [-0.1, -0.05) is 0 Å². The normalized spacial score (nSPS) is 27.7. The Morgan fingerprint density at radius 3 is 2.92 bits per heavy atom. The minimum absolute atomic E-state index is 0.100. The average molecular weight is 180 g/mol. The number of hydrogen-bond donors (Lipinski definition) is 1. The number of hydrogen-bond acceptors (Lipinski definition) is 3. The maximum Gasteiger partial charge on any atom is 0.220 e. The highest BCUT2D eigenvalue weighted by atomic mass is 16.2. The van der Waals surface area contributed by atoms with Gasteiger partial charge in [-0.25, -0.2) is 0 Å². The van der Waals surface area contributed by atoms with E-state index in [0.29, 0.717) is 6.42 Å². The predicted molar refractivity (Wildman–Crippen MR) is 46.0 cm³/mol. The molecule has 70 valence electrons. The SMILES string of the molecule is CC1NC(=O)CC1c1cnn(C)n1. The van der Waals surface area contributed by atoms with Crippen molar-refractivity contribution in [3.8, 4) is 0 Å². The van der Waals surface area contributed by atoms with Gasteiger partial charge in [0.25, 0.3) is 0 Å². The van der Waals surface area contributed by atoms with Crippen molar-refractivity contribution in [2.75, 3.05) is 0 Å². The summed E-state index contributed by atoms with van der Waals surface area (Å²) in [6.45, 7) is 1.99. The minimum atomic E-state index is 0.100. The standard InChI is InChI=1S/C8H12N4O/c1-5-6(3-8(13)10-5)7-4-9-12(2)11-7/h4-6H,3H2,1-2H3,(H,10,13). The Morgan fingerprint density at radius 2 is 2.46 bits per heavy atom. The summed E-state index contributed by atoms with van der Waals surface area (Å²) in [7, 11) is 1.78. The van der Waals surface area contributed by atoms with Gasteiger partial charge >= 0.3 is 0 Å². The van der Waals surface area contributed by atoms with Crippen LogP contribution in [0.5, 0.6) is 0 Å². The maximum absolute atomic E-state index is 11.1. The van der Waals surface area contributed by atoms with Crippen molar-refractivity contribution >= 4 is 5.91 Å². The number of nitrogens with zero attached hydrogens (tertiary/aromatic N) is 3. The number of aromatic nitrogens is 3. The van der Waals surface area contributed by atoms with Crippen molar-refractivity contribution in [1.82, 2.24) is 20.3 Å². The van der Waals surface area contributed by atoms with E-state index in [1.165, 1.54) is 4.80 Å². The molecule has 13 heavy (non-hydrogen) atoms. The van der Waals surface area contributed by atoms with Crippen LogP contribution in [0.2, 0.25) is 0 Å². The van der Waals surface area contributed by atoms with Gasteiger partial charge in [-0.15, -0.1) is 0 Å². The lowest BCUT2D eigenvalue weighted by atomic mass is 9.99. The van der Waals surface area contributed by atoms with Crippen LogP contribution in [0.3, 0.4) is 0 Å². The molecule has 2 heterocycles. The first-order chi connectivity index (χ1) is 6.16. The molecule has 1 N–H and O–H groups in total. The summed E-state index contributed by atoms with van der Waals surface area (Å²) in [6.07, 6.45) is 2.25. The third-order valence-electron chi connectivity index (χ3n) is 2.39. The Kier molecular flexibility index (Phi) is 1.79. The molecule has 2 atom stereocenters. The largest absolute Gasteiger partial charge is 0.353 e. The summed E-state index contributed by atoms with van der Waals surface area (Å²) in [5.41, 5.74) is 0.897. The predicted octanol–water partition coefficient (Wildman–Crippen LogP) is -0.193. The van der Waals surface area contributed by atoms with Crippen LogP contribution in [0.1, 0.15) is 25.0 Å².